The molecule has 0 aliphatic heterocycles. The Bertz CT molecular complexity index is 1180. The van der Waals surface area contributed by atoms with Gasteiger partial charge in [0.05, 0.1) is 35.3 Å². The number of thiazole rings is 1. The van der Waals surface area contributed by atoms with Gasteiger partial charge in [-0.15, -0.1) is 22.2 Å². The van der Waals surface area contributed by atoms with Gasteiger partial charge in [0.15, 0.2) is 11.5 Å². The molecule has 6 nitrogen and oxygen atoms in total. The molecule has 26 heavy (non-hydrogen) atoms. The lowest BCUT2D eigenvalue weighted by Crippen LogP contribution is -2.16. The Balaban J connectivity index is 2.28. The van der Waals surface area contributed by atoms with E-state index in [1.54, 1.807) is 16.7 Å². The first-order chi connectivity index (χ1) is 12.4. The van der Waals surface area contributed by atoms with Gasteiger partial charge in [0.1, 0.15) is 4.21 Å². The minimum atomic E-state index is -3.89. The zero-order valence-corrected chi connectivity index (χ0v) is 16.9. The fraction of sp³-hybridized carbons (Fsp3) is 0.188. The lowest BCUT2D eigenvalue weighted by Gasteiger charge is -2.08. The molecule has 2 heterocycles. The number of hydrogen-bond acceptors (Lipinski definition) is 6. The van der Waals surface area contributed by atoms with Gasteiger partial charge in [0, 0.05) is 12.1 Å². The maximum Gasteiger partial charge on any atom is 0.294 e. The summed E-state index contributed by atoms with van der Waals surface area (Å²) in [6, 6.07) is 6.46. The van der Waals surface area contributed by atoms with Crippen molar-refractivity contribution in [3.05, 3.63) is 33.4 Å². The van der Waals surface area contributed by atoms with Crippen LogP contribution < -0.4 is 14.3 Å². The van der Waals surface area contributed by atoms with Crippen LogP contribution in [0.15, 0.2) is 32.9 Å². The molecular weight excluding hydrogens is 416 g/mol. The van der Waals surface area contributed by atoms with Crippen molar-refractivity contribution in [3.8, 4) is 23.8 Å². The van der Waals surface area contributed by atoms with Gasteiger partial charge in [0.2, 0.25) is 4.80 Å². The summed E-state index contributed by atoms with van der Waals surface area (Å²) in [6.45, 7) is 0.162. The minimum absolute atomic E-state index is 0.0716. The molecular formula is C16H13ClN2O4S3. The van der Waals surface area contributed by atoms with Crippen LogP contribution in [0, 0.1) is 12.3 Å². The lowest BCUT2D eigenvalue weighted by molar-refractivity contribution is 0.355. The number of sulfonamides is 1. The van der Waals surface area contributed by atoms with E-state index in [4.69, 9.17) is 27.5 Å². The van der Waals surface area contributed by atoms with Crippen molar-refractivity contribution in [2.45, 2.75) is 10.8 Å². The molecule has 0 fully saturated rings. The Kier molecular flexibility index (Phi) is 5.29. The van der Waals surface area contributed by atoms with Crippen molar-refractivity contribution in [3.63, 3.8) is 0 Å². The normalized spacial score (nSPS) is 12.3. The summed E-state index contributed by atoms with van der Waals surface area (Å²) >= 11 is 7.99. The van der Waals surface area contributed by atoms with E-state index in [9.17, 15) is 8.42 Å². The highest BCUT2D eigenvalue weighted by atomic mass is 35.5. The topological polar surface area (TPSA) is 69.9 Å². The highest BCUT2D eigenvalue weighted by molar-refractivity contribution is 7.92. The monoisotopic (exact) mass is 428 g/mol. The number of methoxy groups -OCH3 is 2. The van der Waals surface area contributed by atoms with Crippen molar-refractivity contribution < 1.29 is 17.9 Å². The van der Waals surface area contributed by atoms with Gasteiger partial charge in [-0.2, -0.15) is 8.42 Å². The number of ether oxygens (including phenoxy) is 2. The SMILES string of the molecule is C#CCn1c(=NS(=O)(=O)c2ccc(Cl)s2)sc2cc(OC)c(OC)cc21. The number of hydrogen-bond donors (Lipinski definition) is 0. The summed E-state index contributed by atoms with van der Waals surface area (Å²) in [5.74, 6) is 3.57. The average molecular weight is 429 g/mol. The Morgan fingerprint density at radius 3 is 2.50 bits per heavy atom. The van der Waals surface area contributed by atoms with E-state index in [-0.39, 0.29) is 15.6 Å². The molecule has 0 atom stereocenters. The third kappa shape index (κ3) is 3.46. The molecule has 0 saturated heterocycles. The van der Waals surface area contributed by atoms with Gasteiger partial charge < -0.3 is 14.0 Å². The predicted molar refractivity (Wildman–Crippen MR) is 104 cm³/mol. The number of terminal acetylenes is 1. The van der Waals surface area contributed by atoms with E-state index in [0.29, 0.717) is 21.4 Å². The largest absolute Gasteiger partial charge is 0.493 e. The summed E-state index contributed by atoms with van der Waals surface area (Å²) in [7, 11) is -0.838. The fourth-order valence-electron chi connectivity index (χ4n) is 2.29. The molecule has 2 aromatic heterocycles. The van der Waals surface area contributed by atoms with Crippen LogP contribution in [0.3, 0.4) is 0 Å². The molecule has 0 amide bonds. The summed E-state index contributed by atoms with van der Waals surface area (Å²) in [4.78, 5) is 0.262. The van der Waals surface area contributed by atoms with Crippen LogP contribution in [0.5, 0.6) is 11.5 Å². The Labute approximate surface area is 163 Å². The number of rotatable bonds is 5. The van der Waals surface area contributed by atoms with Crippen LogP contribution >= 0.6 is 34.3 Å². The van der Waals surface area contributed by atoms with Crippen molar-refractivity contribution in [1.82, 2.24) is 4.57 Å². The summed E-state index contributed by atoms with van der Waals surface area (Å²) < 4.78 is 42.6. The van der Waals surface area contributed by atoms with E-state index in [1.165, 1.54) is 37.7 Å². The van der Waals surface area contributed by atoms with Crippen LogP contribution in [-0.4, -0.2) is 27.2 Å². The quantitative estimate of drug-likeness (QED) is 0.584. The maximum atomic E-state index is 12.6. The third-order valence-electron chi connectivity index (χ3n) is 3.44. The molecule has 0 N–H and O–H groups in total. The number of thiophene rings is 1. The predicted octanol–water partition coefficient (Wildman–Crippen LogP) is 3.36. The molecule has 136 valence electrons. The summed E-state index contributed by atoms with van der Waals surface area (Å²) in [5, 5.41) is 0. The first-order valence-corrected chi connectivity index (χ1v) is 10.6. The van der Waals surface area contributed by atoms with Crippen LogP contribution in [0.4, 0.5) is 0 Å². The number of nitrogens with zero attached hydrogens (tertiary/aromatic N) is 2. The molecule has 3 rings (SSSR count). The second-order valence-electron chi connectivity index (χ2n) is 4.97. The minimum Gasteiger partial charge on any atom is -0.493 e. The number of benzene rings is 1. The zero-order chi connectivity index (χ0) is 18.9. The van der Waals surface area contributed by atoms with Gasteiger partial charge in [0.25, 0.3) is 10.0 Å². The molecule has 0 radical (unpaired) electrons. The second-order valence-corrected chi connectivity index (χ2v) is 9.53. The van der Waals surface area contributed by atoms with Crippen LogP contribution in [-0.2, 0) is 16.6 Å². The molecule has 0 unspecified atom stereocenters. The van der Waals surface area contributed by atoms with E-state index in [0.717, 1.165) is 16.0 Å². The Morgan fingerprint density at radius 2 is 1.92 bits per heavy atom. The first kappa shape index (κ1) is 18.8. The van der Waals surface area contributed by atoms with Crippen molar-refractivity contribution in [2.75, 3.05) is 14.2 Å². The highest BCUT2D eigenvalue weighted by Crippen LogP contribution is 2.33. The molecule has 10 heteroatoms. The van der Waals surface area contributed by atoms with Gasteiger partial charge >= 0.3 is 0 Å². The summed E-state index contributed by atoms with van der Waals surface area (Å²) in [5.41, 5.74) is 0.712. The van der Waals surface area contributed by atoms with E-state index in [2.05, 4.69) is 10.3 Å². The van der Waals surface area contributed by atoms with Gasteiger partial charge in [-0.1, -0.05) is 28.9 Å². The second kappa shape index (κ2) is 7.32. The maximum absolute atomic E-state index is 12.6. The van der Waals surface area contributed by atoms with Crippen LogP contribution in [0.2, 0.25) is 4.34 Å². The average Bonchev–Trinajstić information content (AvgIpc) is 3.18. The first-order valence-electron chi connectivity index (χ1n) is 7.14. The van der Waals surface area contributed by atoms with E-state index < -0.39 is 10.0 Å². The molecule has 1 aromatic carbocycles. The van der Waals surface area contributed by atoms with E-state index >= 15 is 0 Å². The van der Waals surface area contributed by atoms with Crippen LogP contribution in [0.25, 0.3) is 10.2 Å². The lowest BCUT2D eigenvalue weighted by atomic mass is 10.3. The highest BCUT2D eigenvalue weighted by Gasteiger charge is 2.18. The van der Waals surface area contributed by atoms with E-state index in [1.807, 2.05) is 0 Å². The third-order valence-corrected chi connectivity index (χ3v) is 7.56. The number of aromatic nitrogens is 1. The van der Waals surface area contributed by atoms with Crippen molar-refractivity contribution in [2.24, 2.45) is 4.40 Å². The molecule has 3 aromatic rings. The molecule has 0 aliphatic rings. The number of halogens is 1. The molecule has 0 bridgehead atoms. The zero-order valence-electron chi connectivity index (χ0n) is 13.7. The Morgan fingerprint density at radius 1 is 1.23 bits per heavy atom. The van der Waals surface area contributed by atoms with Crippen molar-refractivity contribution in [1.29, 1.82) is 0 Å². The molecule has 0 aliphatic carbocycles. The standard InChI is InChI=1S/C16H13ClN2O4S3/c1-4-7-19-10-8-11(22-2)12(23-3)9-13(10)24-16(19)18-26(20,21)15-6-5-14(17)25-15/h1,5-6,8-9H,7H2,2-3H3. The fourth-order valence-corrected chi connectivity index (χ4v) is 6.00. The van der Waals surface area contributed by atoms with Gasteiger partial charge in [-0.3, -0.25) is 0 Å². The van der Waals surface area contributed by atoms with Gasteiger partial charge in [-0.25, -0.2) is 0 Å². The van der Waals surface area contributed by atoms with Crippen molar-refractivity contribution >= 4 is 54.5 Å². The van der Waals surface area contributed by atoms with Crippen LogP contribution in [0.1, 0.15) is 0 Å². The molecule has 0 spiro atoms. The van der Waals surface area contributed by atoms with Gasteiger partial charge in [-0.05, 0) is 12.1 Å². The smallest absolute Gasteiger partial charge is 0.294 e. The molecule has 0 saturated carbocycles. The number of fused-ring (bicyclic) bond motifs is 1. The summed E-state index contributed by atoms with van der Waals surface area (Å²) in [6.07, 6.45) is 5.46. The Hall–Kier alpha value is -1.99.